The number of hydrogen-bond donors (Lipinski definition) is 2. The maximum Gasteiger partial charge on any atom is 0.328 e. The summed E-state index contributed by atoms with van der Waals surface area (Å²) in [6, 6.07) is 1.53. The van der Waals surface area contributed by atoms with Gasteiger partial charge in [0.25, 0.3) is 0 Å². The number of benzene rings is 1. The van der Waals surface area contributed by atoms with Crippen molar-refractivity contribution in [3.63, 3.8) is 0 Å². The summed E-state index contributed by atoms with van der Waals surface area (Å²) in [4.78, 5) is 10.4. The van der Waals surface area contributed by atoms with Crippen molar-refractivity contribution in [1.82, 2.24) is 0 Å². The molecule has 0 aliphatic heterocycles. The average molecular weight is 352 g/mol. The quantitative estimate of drug-likeness (QED) is 0.821. The van der Waals surface area contributed by atoms with E-state index in [1.807, 2.05) is 0 Å². The second kappa shape index (κ2) is 5.36. The van der Waals surface area contributed by atoms with Crippen molar-refractivity contribution in [2.75, 3.05) is 7.11 Å². The van der Waals surface area contributed by atoms with E-state index in [1.54, 1.807) is 0 Å². The van der Waals surface area contributed by atoms with Crippen LogP contribution in [-0.2, 0) is 4.79 Å². The van der Waals surface area contributed by atoms with Crippen molar-refractivity contribution in [3.8, 4) is 11.5 Å². The van der Waals surface area contributed by atoms with Crippen LogP contribution in [0.2, 0.25) is 0 Å². The Balaban J connectivity index is 3.30. The highest BCUT2D eigenvalue weighted by molar-refractivity contribution is 9.13. The van der Waals surface area contributed by atoms with Crippen LogP contribution < -0.4 is 4.74 Å². The molecule has 1 aromatic carbocycles. The van der Waals surface area contributed by atoms with E-state index in [1.165, 1.54) is 19.3 Å². The van der Waals surface area contributed by atoms with Gasteiger partial charge < -0.3 is 14.9 Å². The molecule has 2 N–H and O–H groups in total. The van der Waals surface area contributed by atoms with Crippen molar-refractivity contribution in [1.29, 1.82) is 0 Å². The van der Waals surface area contributed by atoms with E-state index in [-0.39, 0.29) is 11.5 Å². The van der Waals surface area contributed by atoms with Crippen molar-refractivity contribution in [2.24, 2.45) is 0 Å². The smallest absolute Gasteiger partial charge is 0.328 e. The van der Waals surface area contributed by atoms with Gasteiger partial charge in [-0.15, -0.1) is 0 Å². The molecule has 4 nitrogen and oxygen atoms in total. The van der Waals surface area contributed by atoms with Crippen LogP contribution in [0.3, 0.4) is 0 Å². The van der Waals surface area contributed by atoms with E-state index in [9.17, 15) is 9.90 Å². The number of hydrogen-bond acceptors (Lipinski definition) is 3. The summed E-state index contributed by atoms with van der Waals surface area (Å²) in [5, 5.41) is 18.2. The van der Waals surface area contributed by atoms with Gasteiger partial charge in [0.2, 0.25) is 0 Å². The fourth-order valence-electron chi connectivity index (χ4n) is 1.05. The molecule has 16 heavy (non-hydrogen) atoms. The molecule has 1 rings (SSSR count). The minimum absolute atomic E-state index is 0.0400. The first-order valence-corrected chi connectivity index (χ1v) is 5.72. The lowest BCUT2D eigenvalue weighted by molar-refractivity contribution is -0.131. The van der Waals surface area contributed by atoms with Gasteiger partial charge in [0.1, 0.15) is 0 Å². The van der Waals surface area contributed by atoms with Gasteiger partial charge in [0, 0.05) is 10.5 Å². The normalized spacial score (nSPS) is 10.7. The van der Waals surface area contributed by atoms with E-state index >= 15 is 0 Å². The molecule has 0 atom stereocenters. The highest BCUT2D eigenvalue weighted by Gasteiger charge is 2.13. The largest absolute Gasteiger partial charge is 0.503 e. The van der Waals surface area contributed by atoms with Gasteiger partial charge in [-0.1, -0.05) is 0 Å². The average Bonchev–Trinajstić information content (AvgIpc) is 2.25. The Bertz CT molecular complexity index is 455. The molecule has 0 aliphatic carbocycles. The fourth-order valence-corrected chi connectivity index (χ4v) is 1.91. The number of carbonyl (C=O) groups is 1. The number of aliphatic carboxylic acids is 1. The Labute approximate surface area is 109 Å². The van der Waals surface area contributed by atoms with Gasteiger partial charge >= 0.3 is 5.97 Å². The standard InChI is InChI=1S/C10H8Br2O4/c1-16-6-4-5(2-3-7(13)14)8(11)9(12)10(6)15/h2-4,15H,1H3,(H,13,14). The maximum atomic E-state index is 10.4. The molecule has 0 bridgehead atoms. The summed E-state index contributed by atoms with van der Waals surface area (Å²) in [6.45, 7) is 0. The third-order valence-electron chi connectivity index (χ3n) is 1.80. The van der Waals surface area contributed by atoms with Crippen LogP contribution in [0.5, 0.6) is 11.5 Å². The Hall–Kier alpha value is -1.01. The number of phenolic OH excluding ortho intramolecular Hbond substituents is 1. The lowest BCUT2D eigenvalue weighted by atomic mass is 10.2. The zero-order valence-corrected chi connectivity index (χ0v) is 11.4. The molecule has 0 spiro atoms. The fraction of sp³-hybridized carbons (Fsp3) is 0.100. The Morgan fingerprint density at radius 3 is 2.56 bits per heavy atom. The van der Waals surface area contributed by atoms with Gasteiger partial charge in [0.05, 0.1) is 11.6 Å². The van der Waals surface area contributed by atoms with Gasteiger partial charge in [-0.25, -0.2) is 4.79 Å². The molecular formula is C10H8Br2O4. The van der Waals surface area contributed by atoms with Crippen LogP contribution in [0.15, 0.2) is 21.1 Å². The number of carboxylic acids is 1. The van der Waals surface area contributed by atoms with E-state index in [0.717, 1.165) is 6.08 Å². The number of methoxy groups -OCH3 is 1. The molecule has 1 aromatic rings. The third kappa shape index (κ3) is 2.76. The lowest BCUT2D eigenvalue weighted by Gasteiger charge is -2.09. The Morgan fingerprint density at radius 1 is 1.44 bits per heavy atom. The van der Waals surface area contributed by atoms with Crippen molar-refractivity contribution >= 4 is 43.9 Å². The molecule has 86 valence electrons. The Morgan fingerprint density at radius 2 is 2.06 bits per heavy atom. The highest BCUT2D eigenvalue weighted by atomic mass is 79.9. The topological polar surface area (TPSA) is 66.8 Å². The maximum absolute atomic E-state index is 10.4. The molecule has 0 aliphatic rings. The Kier molecular flexibility index (Phi) is 4.37. The number of carboxylic acid groups (broad SMARTS) is 1. The van der Waals surface area contributed by atoms with Crippen molar-refractivity contribution in [2.45, 2.75) is 0 Å². The summed E-state index contributed by atoms with van der Waals surface area (Å²) in [5.74, 6) is -0.822. The molecule has 0 aromatic heterocycles. The predicted octanol–water partition coefficient (Wildman–Crippen LogP) is 3.02. The van der Waals surface area contributed by atoms with Crippen LogP contribution in [-0.4, -0.2) is 23.3 Å². The second-order valence-corrected chi connectivity index (χ2v) is 4.40. The summed E-state index contributed by atoms with van der Waals surface area (Å²) >= 11 is 6.41. The zero-order chi connectivity index (χ0) is 12.3. The summed E-state index contributed by atoms with van der Waals surface area (Å²) in [5.41, 5.74) is 0.587. The summed E-state index contributed by atoms with van der Waals surface area (Å²) < 4.78 is 5.92. The zero-order valence-electron chi connectivity index (χ0n) is 8.20. The SMILES string of the molecule is COc1cc(C=CC(=O)O)c(Br)c(Br)c1O. The number of halogens is 2. The molecule has 0 radical (unpaired) electrons. The van der Waals surface area contributed by atoms with Crippen LogP contribution in [0, 0.1) is 0 Å². The van der Waals surface area contributed by atoms with Crippen molar-refractivity contribution in [3.05, 3.63) is 26.7 Å². The van der Waals surface area contributed by atoms with Gasteiger partial charge in [-0.3, -0.25) is 0 Å². The van der Waals surface area contributed by atoms with Gasteiger partial charge in [0.15, 0.2) is 11.5 Å². The van der Waals surface area contributed by atoms with E-state index < -0.39 is 5.97 Å². The van der Waals surface area contributed by atoms with Crippen LogP contribution in [0.25, 0.3) is 6.08 Å². The predicted molar refractivity (Wildman–Crippen MR) is 66.7 cm³/mol. The number of ether oxygens (including phenoxy) is 1. The second-order valence-electron chi connectivity index (χ2n) is 2.82. The molecule has 0 heterocycles. The van der Waals surface area contributed by atoms with E-state index in [2.05, 4.69) is 31.9 Å². The molecule has 6 heteroatoms. The number of phenols is 1. The summed E-state index contributed by atoms with van der Waals surface area (Å²) in [7, 11) is 1.42. The van der Waals surface area contributed by atoms with Gasteiger partial charge in [-0.05, 0) is 49.6 Å². The molecule has 0 amide bonds. The molecule has 0 saturated heterocycles. The number of rotatable bonds is 3. The van der Waals surface area contributed by atoms with Crippen molar-refractivity contribution < 1.29 is 19.7 Å². The molecule has 0 unspecified atom stereocenters. The first-order chi connectivity index (χ1) is 7.47. The minimum Gasteiger partial charge on any atom is -0.503 e. The summed E-state index contributed by atoms with van der Waals surface area (Å²) in [6.07, 6.45) is 2.40. The first kappa shape index (κ1) is 13.1. The molecular weight excluding hydrogens is 344 g/mol. The molecule has 0 fully saturated rings. The monoisotopic (exact) mass is 350 g/mol. The van der Waals surface area contributed by atoms with Gasteiger partial charge in [-0.2, -0.15) is 0 Å². The molecule has 0 saturated carbocycles. The van der Waals surface area contributed by atoms with E-state index in [4.69, 9.17) is 9.84 Å². The highest BCUT2D eigenvalue weighted by Crippen LogP contribution is 2.42. The van der Waals surface area contributed by atoms with Crippen LogP contribution in [0.1, 0.15) is 5.56 Å². The minimum atomic E-state index is -1.05. The van der Waals surface area contributed by atoms with Crippen LogP contribution >= 0.6 is 31.9 Å². The van der Waals surface area contributed by atoms with Crippen LogP contribution in [0.4, 0.5) is 0 Å². The van der Waals surface area contributed by atoms with E-state index in [0.29, 0.717) is 14.5 Å². The first-order valence-electron chi connectivity index (χ1n) is 4.13. The lowest BCUT2D eigenvalue weighted by Crippen LogP contribution is -1.90. The number of aromatic hydroxyl groups is 1. The third-order valence-corrected chi connectivity index (χ3v) is 3.96.